The molecule has 1 unspecified atom stereocenters. The third kappa shape index (κ3) is 6.63. The second-order valence-corrected chi connectivity index (χ2v) is 7.18. The van der Waals surface area contributed by atoms with E-state index >= 15 is 0 Å². The number of nitrogens with zero attached hydrogens (tertiary/aromatic N) is 1. The van der Waals surface area contributed by atoms with Crippen LogP contribution in [-0.4, -0.2) is 29.5 Å². The zero-order chi connectivity index (χ0) is 15.8. The number of rotatable bonds is 12. The molecule has 0 bridgehead atoms. The van der Waals surface area contributed by atoms with E-state index in [1.54, 1.807) is 0 Å². The Morgan fingerprint density at radius 3 is 1.67 bits per heavy atom. The number of unbranched alkanes of at least 4 members (excludes halogenated alkanes) is 7. The van der Waals surface area contributed by atoms with Crippen molar-refractivity contribution in [3.8, 4) is 0 Å². The van der Waals surface area contributed by atoms with Gasteiger partial charge in [-0.05, 0) is 19.8 Å². The monoisotopic (exact) mass is 303 g/mol. The van der Waals surface area contributed by atoms with Crippen molar-refractivity contribution in [1.29, 1.82) is 0 Å². The summed E-state index contributed by atoms with van der Waals surface area (Å²) in [5.41, 5.74) is 0.00162. The fourth-order valence-electron chi connectivity index (χ4n) is 3.38. The van der Waals surface area contributed by atoms with E-state index in [2.05, 4.69) is 20.8 Å². The molecular weight excluding hydrogens is 268 g/mol. The average molecular weight is 303 g/mol. The van der Waals surface area contributed by atoms with Crippen LogP contribution in [0, 0.1) is 0 Å². The van der Waals surface area contributed by atoms with Crippen molar-refractivity contribution in [3.63, 3.8) is 0 Å². The third-order valence-electron chi connectivity index (χ3n) is 5.00. The molecule has 1 fully saturated rings. The molecule has 1 atom stereocenters. The van der Waals surface area contributed by atoms with Crippen molar-refractivity contribution in [2.75, 3.05) is 13.1 Å². The second kappa shape index (κ2) is 9.07. The minimum absolute atomic E-state index is 0.00162. The number of alkyl halides is 2. The molecule has 1 aliphatic heterocycles. The Kier molecular flexibility index (Phi) is 8.15. The van der Waals surface area contributed by atoms with Crippen LogP contribution in [0.1, 0.15) is 91.4 Å². The topological polar surface area (TPSA) is 3.24 Å². The molecule has 0 aromatic carbocycles. The van der Waals surface area contributed by atoms with E-state index in [9.17, 15) is 8.78 Å². The van der Waals surface area contributed by atoms with Gasteiger partial charge in [-0.2, -0.15) is 0 Å². The van der Waals surface area contributed by atoms with Gasteiger partial charge in [0.1, 0.15) is 0 Å². The van der Waals surface area contributed by atoms with Crippen LogP contribution in [0.5, 0.6) is 0 Å². The molecule has 0 aromatic rings. The fourth-order valence-corrected chi connectivity index (χ4v) is 3.38. The lowest BCUT2D eigenvalue weighted by Crippen LogP contribution is -2.64. The Bertz CT molecular complexity index is 272. The molecule has 0 aromatic heterocycles. The smallest absolute Gasteiger partial charge is 0.272 e. The van der Waals surface area contributed by atoms with Gasteiger partial charge in [-0.15, -0.1) is 0 Å². The molecule has 0 aliphatic carbocycles. The third-order valence-corrected chi connectivity index (χ3v) is 5.00. The average Bonchev–Trinajstić information content (AvgIpc) is 2.41. The Hall–Kier alpha value is -0.180. The van der Waals surface area contributed by atoms with Gasteiger partial charge >= 0.3 is 0 Å². The maximum absolute atomic E-state index is 13.2. The van der Waals surface area contributed by atoms with Crippen molar-refractivity contribution in [2.24, 2.45) is 0 Å². The number of hydrogen-bond donors (Lipinski definition) is 0. The van der Waals surface area contributed by atoms with E-state index < -0.39 is 5.92 Å². The van der Waals surface area contributed by atoms with Gasteiger partial charge in [0, 0.05) is 5.54 Å². The van der Waals surface area contributed by atoms with E-state index in [-0.39, 0.29) is 18.6 Å². The van der Waals surface area contributed by atoms with Crippen LogP contribution in [0.3, 0.4) is 0 Å². The van der Waals surface area contributed by atoms with Crippen LogP contribution >= 0.6 is 0 Å². The largest absolute Gasteiger partial charge is 0.286 e. The first kappa shape index (κ1) is 18.9. The summed E-state index contributed by atoms with van der Waals surface area (Å²) in [4.78, 5) is 2.04. The van der Waals surface area contributed by atoms with Gasteiger partial charge < -0.3 is 0 Å². The predicted molar refractivity (Wildman–Crippen MR) is 87.1 cm³/mol. The molecule has 1 nitrogen and oxygen atoms in total. The Balaban J connectivity index is 2.37. The predicted octanol–water partition coefficient (Wildman–Crippen LogP) is 6.03. The number of halogens is 2. The molecule has 21 heavy (non-hydrogen) atoms. The van der Waals surface area contributed by atoms with Crippen LogP contribution in [0.25, 0.3) is 0 Å². The lowest BCUT2D eigenvalue weighted by Gasteiger charge is -2.51. The van der Waals surface area contributed by atoms with E-state index in [1.807, 2.05) is 4.90 Å². The van der Waals surface area contributed by atoms with Crippen molar-refractivity contribution in [2.45, 2.75) is 103 Å². The van der Waals surface area contributed by atoms with Crippen molar-refractivity contribution in [1.82, 2.24) is 4.90 Å². The molecule has 3 heteroatoms. The summed E-state index contributed by atoms with van der Waals surface area (Å²) in [5.74, 6) is -2.44. The highest BCUT2D eigenvalue weighted by molar-refractivity contribution is 4.98. The van der Waals surface area contributed by atoms with E-state index in [4.69, 9.17) is 0 Å². The quantitative estimate of drug-likeness (QED) is 0.398. The van der Waals surface area contributed by atoms with Gasteiger partial charge in [0.05, 0.1) is 13.1 Å². The Morgan fingerprint density at radius 2 is 1.24 bits per heavy atom. The fraction of sp³-hybridized carbons (Fsp3) is 1.00. The lowest BCUT2D eigenvalue weighted by atomic mass is 9.83. The standard InChI is InChI=1S/C18H35F2N/c1-4-6-8-10-12-14-17(3,13-11-9-7-5-2)21-15-18(19,20)16-21/h4-16H2,1-3H3. The number of hydrogen-bond acceptors (Lipinski definition) is 1. The van der Waals surface area contributed by atoms with Gasteiger partial charge in [0.15, 0.2) is 0 Å². The molecule has 1 heterocycles. The van der Waals surface area contributed by atoms with Gasteiger partial charge in [-0.3, -0.25) is 4.90 Å². The highest BCUT2D eigenvalue weighted by Crippen LogP contribution is 2.38. The molecule has 126 valence electrons. The SMILES string of the molecule is CCCCCCCC(C)(CCCCCC)N1CC(F)(F)C1. The molecule has 1 aliphatic rings. The first-order chi connectivity index (χ1) is 9.93. The second-order valence-electron chi connectivity index (χ2n) is 7.18. The highest BCUT2D eigenvalue weighted by atomic mass is 19.3. The number of likely N-dealkylation sites (tertiary alicyclic amines) is 1. The molecule has 0 amide bonds. The maximum Gasteiger partial charge on any atom is 0.272 e. The Labute approximate surface area is 130 Å². The van der Waals surface area contributed by atoms with Crippen LogP contribution in [0.4, 0.5) is 8.78 Å². The summed E-state index contributed by atoms with van der Waals surface area (Å²) in [6.07, 6.45) is 13.4. The van der Waals surface area contributed by atoms with Crippen LogP contribution in [-0.2, 0) is 0 Å². The summed E-state index contributed by atoms with van der Waals surface area (Å²) in [5, 5.41) is 0. The summed E-state index contributed by atoms with van der Waals surface area (Å²) in [6.45, 7) is 6.61. The first-order valence-corrected chi connectivity index (χ1v) is 9.06. The normalized spacial score (nSPS) is 21.0. The first-order valence-electron chi connectivity index (χ1n) is 9.06. The van der Waals surface area contributed by atoms with Gasteiger partial charge in [0.25, 0.3) is 5.92 Å². The van der Waals surface area contributed by atoms with Crippen LogP contribution in [0.15, 0.2) is 0 Å². The van der Waals surface area contributed by atoms with Gasteiger partial charge in [-0.25, -0.2) is 8.78 Å². The van der Waals surface area contributed by atoms with Crippen molar-refractivity contribution in [3.05, 3.63) is 0 Å². The minimum Gasteiger partial charge on any atom is -0.286 e. The van der Waals surface area contributed by atoms with Crippen molar-refractivity contribution < 1.29 is 8.78 Å². The van der Waals surface area contributed by atoms with Crippen LogP contribution < -0.4 is 0 Å². The minimum atomic E-state index is -2.44. The molecule has 0 saturated carbocycles. The summed E-state index contributed by atoms with van der Waals surface area (Å²) in [6, 6.07) is 0. The summed E-state index contributed by atoms with van der Waals surface area (Å²) in [7, 11) is 0. The zero-order valence-electron chi connectivity index (χ0n) is 14.4. The molecule has 0 spiro atoms. The summed E-state index contributed by atoms with van der Waals surface area (Å²) < 4.78 is 26.4. The molecular formula is C18H35F2N. The van der Waals surface area contributed by atoms with E-state index in [0.29, 0.717) is 0 Å². The maximum atomic E-state index is 13.2. The molecule has 1 rings (SSSR count). The van der Waals surface area contributed by atoms with Crippen LogP contribution in [0.2, 0.25) is 0 Å². The van der Waals surface area contributed by atoms with Gasteiger partial charge in [0.2, 0.25) is 0 Å². The summed E-state index contributed by atoms with van der Waals surface area (Å²) >= 11 is 0. The van der Waals surface area contributed by atoms with Crippen molar-refractivity contribution >= 4 is 0 Å². The van der Waals surface area contributed by atoms with Gasteiger partial charge in [-0.1, -0.05) is 71.6 Å². The molecule has 1 saturated heterocycles. The van der Waals surface area contributed by atoms with E-state index in [0.717, 1.165) is 12.8 Å². The Morgan fingerprint density at radius 1 is 0.810 bits per heavy atom. The molecule has 0 N–H and O–H groups in total. The lowest BCUT2D eigenvalue weighted by molar-refractivity contribution is -0.170. The van der Waals surface area contributed by atoms with E-state index in [1.165, 1.54) is 57.8 Å². The highest BCUT2D eigenvalue weighted by Gasteiger charge is 2.50. The zero-order valence-corrected chi connectivity index (χ0v) is 14.4. The molecule has 0 radical (unpaired) electrons.